The van der Waals surface area contributed by atoms with Crippen LogP contribution >= 0.6 is 0 Å². The molecule has 8 N–H and O–H groups in total. The van der Waals surface area contributed by atoms with Gasteiger partial charge in [-0.25, -0.2) is 0 Å². The van der Waals surface area contributed by atoms with E-state index >= 15 is 0 Å². The summed E-state index contributed by atoms with van der Waals surface area (Å²) in [7, 11) is 0. The van der Waals surface area contributed by atoms with E-state index in [4.69, 9.17) is 0 Å². The fourth-order valence-electron chi connectivity index (χ4n) is 7.65. The predicted molar refractivity (Wildman–Crippen MR) is 211 cm³/mol. The molecule has 6 rings (SSSR count). The first kappa shape index (κ1) is 42.4. The van der Waals surface area contributed by atoms with Gasteiger partial charge in [0.2, 0.25) is 0 Å². The van der Waals surface area contributed by atoms with Gasteiger partial charge in [0, 0.05) is 94.3 Å². The average molecular weight is 757 g/mol. The van der Waals surface area contributed by atoms with Crippen LogP contribution in [0.5, 0.6) is 23.0 Å². The van der Waals surface area contributed by atoms with E-state index in [1.807, 2.05) is 100 Å². The van der Waals surface area contributed by atoms with Crippen LogP contribution in [0.15, 0.2) is 72.8 Å². The maximum Gasteiger partial charge on any atom is 0.122 e. The summed E-state index contributed by atoms with van der Waals surface area (Å²) in [4.78, 5) is 0. The number of benzene rings is 4. The summed E-state index contributed by atoms with van der Waals surface area (Å²) in [5.41, 5.74) is 7.46. The number of phenolic OH excluding ortho intramolecular Hbond substituents is 4. The number of aryl methyl sites for hydroxylation is 4. The van der Waals surface area contributed by atoms with E-state index < -0.39 is 0 Å². The number of aromatic hydroxyl groups is 4. The smallest absolute Gasteiger partial charge is 0.122 e. The summed E-state index contributed by atoms with van der Waals surface area (Å²) in [5.74, 6) is 1.57. The Morgan fingerprint density at radius 2 is 0.604 bits per heavy atom. The Morgan fingerprint density at radius 3 is 0.811 bits per heavy atom. The van der Waals surface area contributed by atoms with Crippen LogP contribution in [-0.2, 0) is 47.9 Å². The zero-order chi connectivity index (χ0) is 37.0. The molecule has 0 unspecified atom stereocenters. The quantitative estimate of drug-likeness (QED) is 0.0689. The molecule has 0 spiro atoms. The van der Waals surface area contributed by atoms with Gasteiger partial charge in [-0.05, 0) is 75.6 Å². The SMILES string of the molecule is Cc1cccc(CN[C@H]2CCCC[C@@H]2NCc2cccc(C)c2O)c1O.Cc1cccc(CN[C@H]2CCCC[C@@H]2NCc2cccc(C)c2O)c1O.[Ti]. The monoisotopic (exact) mass is 756 g/mol. The number of phenols is 4. The Bertz CT molecular complexity index is 1500. The zero-order valence-electron chi connectivity index (χ0n) is 32.0. The minimum Gasteiger partial charge on any atom is -0.507 e. The molecule has 2 fully saturated rings. The average Bonchev–Trinajstić information content (AvgIpc) is 3.15. The fourth-order valence-corrected chi connectivity index (χ4v) is 7.65. The molecule has 0 radical (unpaired) electrons. The molecule has 2 saturated carbocycles. The Morgan fingerprint density at radius 1 is 0.396 bits per heavy atom. The van der Waals surface area contributed by atoms with Gasteiger partial charge < -0.3 is 41.7 Å². The van der Waals surface area contributed by atoms with Gasteiger partial charge in [0.1, 0.15) is 23.0 Å². The Hall–Kier alpha value is -3.37. The summed E-state index contributed by atoms with van der Waals surface area (Å²) >= 11 is 0. The normalized spacial score (nSPS) is 19.8. The molecule has 4 atom stereocenters. The van der Waals surface area contributed by atoms with Crippen LogP contribution in [-0.4, -0.2) is 44.6 Å². The Kier molecular flexibility index (Phi) is 16.7. The topological polar surface area (TPSA) is 129 Å². The third kappa shape index (κ3) is 11.8. The first-order valence-corrected chi connectivity index (χ1v) is 19.2. The number of hydrogen-bond donors (Lipinski definition) is 8. The van der Waals surface area contributed by atoms with Gasteiger partial charge in [-0.2, -0.15) is 0 Å². The Labute approximate surface area is 331 Å². The second-order valence-electron chi connectivity index (χ2n) is 14.8. The van der Waals surface area contributed by atoms with Crippen molar-refractivity contribution in [2.45, 2.75) is 129 Å². The van der Waals surface area contributed by atoms with E-state index in [0.29, 0.717) is 73.3 Å². The third-order valence-corrected chi connectivity index (χ3v) is 11.0. The van der Waals surface area contributed by atoms with Crippen molar-refractivity contribution in [3.05, 3.63) is 117 Å². The number of rotatable bonds is 12. The van der Waals surface area contributed by atoms with Gasteiger partial charge >= 0.3 is 0 Å². The molecule has 0 bridgehead atoms. The summed E-state index contributed by atoms with van der Waals surface area (Å²) < 4.78 is 0. The molecule has 0 heterocycles. The Balaban J connectivity index is 0.000000232. The summed E-state index contributed by atoms with van der Waals surface area (Å²) in [6.45, 7) is 10.4. The first-order chi connectivity index (χ1) is 25.1. The third-order valence-electron chi connectivity index (χ3n) is 11.0. The summed E-state index contributed by atoms with van der Waals surface area (Å²) in [5, 5.41) is 55.4. The van der Waals surface area contributed by atoms with Crippen LogP contribution in [0.3, 0.4) is 0 Å². The minimum absolute atomic E-state index is 0. The second-order valence-corrected chi connectivity index (χ2v) is 14.8. The molecule has 0 saturated heterocycles. The van der Waals surface area contributed by atoms with Crippen LogP contribution in [0.1, 0.15) is 95.9 Å². The maximum absolute atomic E-state index is 10.2. The van der Waals surface area contributed by atoms with E-state index in [1.165, 1.54) is 25.7 Å². The summed E-state index contributed by atoms with van der Waals surface area (Å²) in [6.07, 6.45) is 9.43. The van der Waals surface area contributed by atoms with Crippen LogP contribution in [0.2, 0.25) is 0 Å². The molecule has 4 aromatic carbocycles. The molecule has 53 heavy (non-hydrogen) atoms. The van der Waals surface area contributed by atoms with Gasteiger partial charge in [-0.15, -0.1) is 0 Å². The predicted octanol–water partition coefficient (Wildman–Crippen LogP) is 7.81. The maximum atomic E-state index is 10.2. The molecule has 2 aliphatic carbocycles. The molecular formula is C44H60N4O4Ti. The molecule has 0 aromatic heterocycles. The van der Waals surface area contributed by atoms with E-state index in [2.05, 4.69) is 21.3 Å². The van der Waals surface area contributed by atoms with E-state index in [-0.39, 0.29) is 21.7 Å². The van der Waals surface area contributed by atoms with Gasteiger partial charge in [0.05, 0.1) is 0 Å². The molecule has 0 amide bonds. The van der Waals surface area contributed by atoms with Crippen molar-refractivity contribution in [1.29, 1.82) is 0 Å². The standard InChI is InChI=1S/2C22H30N2O2.Ti/c2*1-15-7-5-9-17(21(15)25)13-23-19-11-3-4-12-20(19)24-14-18-10-6-8-16(2)22(18)26;/h2*5-10,19-20,23-26H,3-4,11-14H2,1-2H3;/t2*19-,20-;/m00./s1. The van der Waals surface area contributed by atoms with Gasteiger partial charge in [0.15, 0.2) is 0 Å². The van der Waals surface area contributed by atoms with Crippen LogP contribution in [0, 0.1) is 27.7 Å². The van der Waals surface area contributed by atoms with Gasteiger partial charge in [0.25, 0.3) is 0 Å². The van der Waals surface area contributed by atoms with Crippen molar-refractivity contribution in [1.82, 2.24) is 21.3 Å². The first-order valence-electron chi connectivity index (χ1n) is 19.2. The summed E-state index contributed by atoms with van der Waals surface area (Å²) in [6, 6.07) is 25.1. The molecular weight excluding hydrogens is 696 g/mol. The fraction of sp³-hybridized carbons (Fsp3) is 0.455. The van der Waals surface area contributed by atoms with Crippen molar-refractivity contribution in [2.24, 2.45) is 0 Å². The number of para-hydroxylation sites is 4. The van der Waals surface area contributed by atoms with E-state index in [9.17, 15) is 20.4 Å². The van der Waals surface area contributed by atoms with Crippen LogP contribution in [0.25, 0.3) is 0 Å². The van der Waals surface area contributed by atoms with Crippen LogP contribution < -0.4 is 21.3 Å². The zero-order valence-corrected chi connectivity index (χ0v) is 33.6. The molecule has 4 aromatic rings. The van der Waals surface area contributed by atoms with Crippen molar-refractivity contribution in [2.75, 3.05) is 0 Å². The molecule has 0 aliphatic heterocycles. The van der Waals surface area contributed by atoms with Crippen molar-refractivity contribution >= 4 is 0 Å². The van der Waals surface area contributed by atoms with Crippen molar-refractivity contribution < 1.29 is 42.1 Å². The minimum atomic E-state index is 0. The molecule has 8 nitrogen and oxygen atoms in total. The van der Waals surface area contributed by atoms with Gasteiger partial charge in [-0.1, -0.05) is 98.5 Å². The van der Waals surface area contributed by atoms with E-state index in [1.54, 1.807) is 0 Å². The molecule has 2 aliphatic rings. The van der Waals surface area contributed by atoms with Crippen molar-refractivity contribution in [3.63, 3.8) is 0 Å². The second kappa shape index (κ2) is 20.9. The van der Waals surface area contributed by atoms with Crippen LogP contribution in [0.4, 0.5) is 0 Å². The van der Waals surface area contributed by atoms with Gasteiger partial charge in [-0.3, -0.25) is 0 Å². The molecule has 284 valence electrons. The van der Waals surface area contributed by atoms with E-state index in [0.717, 1.165) is 70.2 Å². The van der Waals surface area contributed by atoms with Crippen molar-refractivity contribution in [3.8, 4) is 23.0 Å². The molecule has 9 heteroatoms. The largest absolute Gasteiger partial charge is 0.507 e. The number of nitrogens with one attached hydrogen (secondary N) is 4. The number of hydrogen-bond acceptors (Lipinski definition) is 8.